The van der Waals surface area contributed by atoms with Gasteiger partial charge in [0.2, 0.25) is 0 Å². The lowest BCUT2D eigenvalue weighted by Crippen LogP contribution is -2.18. The Morgan fingerprint density at radius 2 is 2.33 bits per heavy atom. The Hall–Kier alpha value is -0.370. The highest BCUT2D eigenvalue weighted by Crippen LogP contribution is 1.48. The Balaban J connectivity index is 2.83. The Morgan fingerprint density at radius 3 is 2.33 bits per heavy atom. The number of hydrogen-bond acceptors (Lipinski definition) is 1. The van der Waals surface area contributed by atoms with Crippen LogP contribution in [0.3, 0.4) is 0 Å². The largest absolute Gasteiger partial charge is 0.265 e. The zero-order chi connectivity index (χ0) is 4.99. The maximum atomic E-state index is 3.60. The topological polar surface area (TPSA) is 15.0 Å². The molecule has 0 fully saturated rings. The molecule has 2 heteroatoms. The van der Waals surface area contributed by atoms with Gasteiger partial charge in [0.25, 0.3) is 0 Å². The van der Waals surface area contributed by atoms with Gasteiger partial charge >= 0.3 is 0 Å². The molecule has 0 aromatic heterocycles. The van der Waals surface area contributed by atoms with E-state index in [1.165, 1.54) is 0 Å². The van der Waals surface area contributed by atoms with E-state index in [1.807, 2.05) is 18.7 Å². The van der Waals surface area contributed by atoms with Crippen molar-refractivity contribution >= 4 is 6.72 Å². The summed E-state index contributed by atoms with van der Waals surface area (Å²) in [6.07, 6.45) is 0. The molecule has 0 aromatic carbocycles. The summed E-state index contributed by atoms with van der Waals surface area (Å²) in [5, 5.41) is 2.93. The molecule has 0 aliphatic heterocycles. The SMILES string of the molecule is C=[N+](C)CNC. The third-order valence-electron chi connectivity index (χ3n) is 0.428. The van der Waals surface area contributed by atoms with Crippen molar-refractivity contribution in [3.63, 3.8) is 0 Å². The summed E-state index contributed by atoms with van der Waals surface area (Å²) < 4.78 is 1.82. The molecule has 0 aromatic rings. The molecule has 0 bridgehead atoms. The average molecular weight is 87.1 g/mol. The molecule has 1 N–H and O–H groups in total. The van der Waals surface area contributed by atoms with Crippen molar-refractivity contribution < 1.29 is 4.58 Å². The Labute approximate surface area is 38.5 Å². The lowest BCUT2D eigenvalue weighted by atomic mass is 10.9. The summed E-state index contributed by atoms with van der Waals surface area (Å²) in [7, 11) is 3.80. The monoisotopic (exact) mass is 87.1 g/mol. The summed E-state index contributed by atoms with van der Waals surface area (Å²) in [5.74, 6) is 0. The van der Waals surface area contributed by atoms with Gasteiger partial charge in [0.1, 0.15) is 13.8 Å². The summed E-state index contributed by atoms with van der Waals surface area (Å²) in [6, 6.07) is 0. The molecule has 0 unspecified atom stereocenters. The van der Waals surface area contributed by atoms with Gasteiger partial charge < -0.3 is 0 Å². The van der Waals surface area contributed by atoms with E-state index >= 15 is 0 Å². The van der Waals surface area contributed by atoms with Crippen LogP contribution in [-0.2, 0) is 0 Å². The van der Waals surface area contributed by atoms with Crippen LogP contribution in [0, 0.1) is 0 Å². The Morgan fingerprint density at radius 1 is 1.83 bits per heavy atom. The first-order valence-electron chi connectivity index (χ1n) is 1.93. The summed E-state index contributed by atoms with van der Waals surface area (Å²) >= 11 is 0. The molecule has 0 atom stereocenters. The molecule has 0 spiro atoms. The van der Waals surface area contributed by atoms with Crippen molar-refractivity contribution in [1.82, 2.24) is 5.32 Å². The van der Waals surface area contributed by atoms with Crippen LogP contribution >= 0.6 is 0 Å². The predicted octanol–water partition coefficient (Wildman–Crippen LogP) is -0.494. The van der Waals surface area contributed by atoms with Crippen LogP contribution in [0.25, 0.3) is 0 Å². The second-order valence-corrected chi connectivity index (χ2v) is 1.37. The second-order valence-electron chi connectivity index (χ2n) is 1.37. The van der Waals surface area contributed by atoms with Gasteiger partial charge in [-0.25, -0.2) is 4.58 Å². The van der Waals surface area contributed by atoms with E-state index in [0.29, 0.717) is 0 Å². The van der Waals surface area contributed by atoms with Crippen LogP contribution in [0.4, 0.5) is 0 Å². The van der Waals surface area contributed by atoms with E-state index in [-0.39, 0.29) is 0 Å². The lowest BCUT2D eigenvalue weighted by molar-refractivity contribution is -0.493. The van der Waals surface area contributed by atoms with Crippen LogP contribution < -0.4 is 5.32 Å². The van der Waals surface area contributed by atoms with Gasteiger partial charge in [0, 0.05) is 0 Å². The van der Waals surface area contributed by atoms with Gasteiger partial charge in [0.15, 0.2) is 6.67 Å². The highest BCUT2D eigenvalue weighted by Gasteiger charge is 1.78. The number of rotatable bonds is 2. The van der Waals surface area contributed by atoms with E-state index in [4.69, 9.17) is 0 Å². The first-order valence-corrected chi connectivity index (χ1v) is 1.93. The first kappa shape index (κ1) is 5.63. The van der Waals surface area contributed by atoms with Crippen molar-refractivity contribution in [2.24, 2.45) is 0 Å². The molecule has 0 amide bonds. The minimum atomic E-state index is 0.847. The second kappa shape index (κ2) is 2.85. The number of nitrogens with zero attached hydrogens (tertiary/aromatic N) is 1. The van der Waals surface area contributed by atoms with Gasteiger partial charge in [-0.1, -0.05) is 0 Å². The summed E-state index contributed by atoms with van der Waals surface area (Å²) in [5.41, 5.74) is 0. The molecule has 36 valence electrons. The smallest absolute Gasteiger partial charge is 0.195 e. The maximum Gasteiger partial charge on any atom is 0.195 e. The normalized spacial score (nSPS) is 8.33. The third kappa shape index (κ3) is 3.63. The molecule has 0 saturated carbocycles. The Bertz CT molecular complexity index is 49.5. The zero-order valence-electron chi connectivity index (χ0n) is 4.36. The highest BCUT2D eigenvalue weighted by molar-refractivity contribution is 5.13. The van der Waals surface area contributed by atoms with E-state index in [2.05, 4.69) is 12.0 Å². The first-order chi connectivity index (χ1) is 2.77. The molecule has 0 heterocycles. The maximum absolute atomic E-state index is 3.60. The fourth-order valence-electron chi connectivity index (χ4n) is 0.270. The average Bonchev–Trinajstić information content (AvgIpc) is 1.35. The van der Waals surface area contributed by atoms with Crippen LogP contribution in [-0.4, -0.2) is 32.1 Å². The third-order valence-corrected chi connectivity index (χ3v) is 0.428. The molecule has 0 saturated heterocycles. The number of hydrogen-bond donors (Lipinski definition) is 1. The van der Waals surface area contributed by atoms with Gasteiger partial charge in [-0.3, -0.25) is 5.32 Å². The minimum Gasteiger partial charge on any atom is -0.265 e. The van der Waals surface area contributed by atoms with Crippen molar-refractivity contribution in [2.45, 2.75) is 0 Å². The fourth-order valence-corrected chi connectivity index (χ4v) is 0.270. The quantitative estimate of drug-likeness (QED) is 0.273. The van der Waals surface area contributed by atoms with Crippen LogP contribution in [0.5, 0.6) is 0 Å². The van der Waals surface area contributed by atoms with Gasteiger partial charge in [-0.15, -0.1) is 0 Å². The van der Waals surface area contributed by atoms with Crippen LogP contribution in [0.1, 0.15) is 0 Å². The molecule has 0 aliphatic rings. The van der Waals surface area contributed by atoms with E-state index in [0.717, 1.165) is 6.67 Å². The van der Waals surface area contributed by atoms with Crippen molar-refractivity contribution in [3.8, 4) is 0 Å². The number of nitrogens with one attached hydrogen (secondary N) is 1. The lowest BCUT2D eigenvalue weighted by Gasteiger charge is -1.87. The molecule has 6 heavy (non-hydrogen) atoms. The molecule has 0 radical (unpaired) electrons. The predicted molar refractivity (Wildman–Crippen MR) is 27.2 cm³/mol. The zero-order valence-corrected chi connectivity index (χ0v) is 4.36. The van der Waals surface area contributed by atoms with Gasteiger partial charge in [-0.2, -0.15) is 0 Å². The van der Waals surface area contributed by atoms with Gasteiger partial charge in [-0.05, 0) is 7.05 Å². The van der Waals surface area contributed by atoms with Gasteiger partial charge in [0.05, 0.1) is 0 Å². The van der Waals surface area contributed by atoms with E-state index in [9.17, 15) is 0 Å². The Kier molecular flexibility index (Phi) is 2.67. The highest BCUT2D eigenvalue weighted by atomic mass is 15.1. The fraction of sp³-hybridized carbons (Fsp3) is 0.750. The van der Waals surface area contributed by atoms with Crippen molar-refractivity contribution in [3.05, 3.63) is 0 Å². The van der Waals surface area contributed by atoms with Crippen LogP contribution in [0.15, 0.2) is 0 Å². The van der Waals surface area contributed by atoms with E-state index in [1.54, 1.807) is 0 Å². The summed E-state index contributed by atoms with van der Waals surface area (Å²) in [4.78, 5) is 0. The van der Waals surface area contributed by atoms with Crippen LogP contribution in [0.2, 0.25) is 0 Å². The molecule has 0 rings (SSSR count). The molecule has 2 nitrogen and oxygen atoms in total. The molecular weight excluding hydrogens is 76.1 g/mol. The van der Waals surface area contributed by atoms with Crippen molar-refractivity contribution in [1.29, 1.82) is 0 Å². The molecule has 0 aliphatic carbocycles. The van der Waals surface area contributed by atoms with E-state index < -0.39 is 0 Å². The van der Waals surface area contributed by atoms with Crippen molar-refractivity contribution in [2.75, 3.05) is 20.8 Å². The minimum absolute atomic E-state index is 0.847. The standard InChI is InChI=1S/C4H11N2/c1-5-4-6(2)3/h5H,2,4H2,1,3H3/q+1. The summed E-state index contributed by atoms with van der Waals surface area (Å²) in [6.45, 7) is 4.45. The molecular formula is C4H11N2+.